The Kier molecular flexibility index (Phi) is 3.46. The number of aromatic nitrogens is 2. The van der Waals surface area contributed by atoms with Crippen LogP contribution in [0.4, 0.5) is 0 Å². The van der Waals surface area contributed by atoms with E-state index in [1.807, 2.05) is 17.5 Å². The number of hydrogen-bond acceptors (Lipinski definition) is 5. The maximum atomic E-state index is 10.6. The molecule has 1 atom stereocenters. The van der Waals surface area contributed by atoms with E-state index in [1.54, 1.807) is 23.6 Å². The van der Waals surface area contributed by atoms with Gasteiger partial charge in [0.05, 0.1) is 23.0 Å². The molecule has 0 fully saturated rings. The Morgan fingerprint density at radius 3 is 3.00 bits per heavy atom. The van der Waals surface area contributed by atoms with Crippen molar-refractivity contribution in [3.63, 3.8) is 0 Å². The van der Waals surface area contributed by atoms with Gasteiger partial charge in [0.1, 0.15) is 5.82 Å². The van der Waals surface area contributed by atoms with Gasteiger partial charge in [-0.3, -0.25) is 4.79 Å². The molecule has 0 amide bonds. The Morgan fingerprint density at radius 2 is 2.35 bits per heavy atom. The highest BCUT2D eigenvalue weighted by atomic mass is 32.1. The standard InChI is InChI=1S/C11H11N3O2S/c12-7(6-10(15)16)11-13-4-3-8(14-11)9-2-1-5-17-9/h1-5,7H,6,12H2,(H,15,16). The highest BCUT2D eigenvalue weighted by molar-refractivity contribution is 7.13. The predicted octanol–water partition coefficient (Wildman–Crippen LogP) is 1.68. The van der Waals surface area contributed by atoms with Crippen molar-refractivity contribution in [1.82, 2.24) is 9.97 Å². The lowest BCUT2D eigenvalue weighted by atomic mass is 10.2. The van der Waals surface area contributed by atoms with Crippen LogP contribution in [0.5, 0.6) is 0 Å². The summed E-state index contributed by atoms with van der Waals surface area (Å²) in [5, 5.41) is 10.6. The molecule has 0 radical (unpaired) electrons. The summed E-state index contributed by atoms with van der Waals surface area (Å²) >= 11 is 1.56. The van der Waals surface area contributed by atoms with E-state index in [-0.39, 0.29) is 6.42 Å². The average molecular weight is 249 g/mol. The van der Waals surface area contributed by atoms with E-state index < -0.39 is 12.0 Å². The van der Waals surface area contributed by atoms with Crippen molar-refractivity contribution in [2.45, 2.75) is 12.5 Å². The van der Waals surface area contributed by atoms with Crippen LogP contribution >= 0.6 is 11.3 Å². The maximum absolute atomic E-state index is 10.6. The molecule has 5 nitrogen and oxygen atoms in total. The molecule has 0 bridgehead atoms. The summed E-state index contributed by atoms with van der Waals surface area (Å²) in [6, 6.07) is 4.98. The van der Waals surface area contributed by atoms with Gasteiger partial charge in [0.25, 0.3) is 0 Å². The first-order valence-electron chi connectivity index (χ1n) is 5.01. The second-order valence-electron chi connectivity index (χ2n) is 3.48. The first kappa shape index (κ1) is 11.7. The Labute approximate surface area is 102 Å². The van der Waals surface area contributed by atoms with E-state index in [0.717, 1.165) is 10.6 Å². The van der Waals surface area contributed by atoms with E-state index in [4.69, 9.17) is 10.8 Å². The molecule has 2 rings (SSSR count). The monoisotopic (exact) mass is 249 g/mol. The van der Waals surface area contributed by atoms with Gasteiger partial charge >= 0.3 is 5.97 Å². The summed E-state index contributed by atoms with van der Waals surface area (Å²) in [6.45, 7) is 0. The van der Waals surface area contributed by atoms with Crippen LogP contribution < -0.4 is 5.73 Å². The number of rotatable bonds is 4. The maximum Gasteiger partial charge on any atom is 0.305 e. The zero-order valence-electron chi connectivity index (χ0n) is 8.91. The highest BCUT2D eigenvalue weighted by Gasteiger charge is 2.14. The summed E-state index contributed by atoms with van der Waals surface area (Å²) in [7, 11) is 0. The number of hydrogen-bond donors (Lipinski definition) is 2. The lowest BCUT2D eigenvalue weighted by Crippen LogP contribution is -2.17. The molecule has 3 N–H and O–H groups in total. The molecule has 2 aromatic heterocycles. The topological polar surface area (TPSA) is 89.1 Å². The number of nitrogens with two attached hydrogens (primary N) is 1. The zero-order chi connectivity index (χ0) is 12.3. The average Bonchev–Trinajstić information content (AvgIpc) is 2.82. The van der Waals surface area contributed by atoms with Crippen LogP contribution in [-0.2, 0) is 4.79 Å². The second kappa shape index (κ2) is 5.03. The Morgan fingerprint density at radius 1 is 1.53 bits per heavy atom. The quantitative estimate of drug-likeness (QED) is 0.860. The van der Waals surface area contributed by atoms with Crippen LogP contribution in [0.25, 0.3) is 10.6 Å². The van der Waals surface area contributed by atoms with Gasteiger partial charge in [-0.15, -0.1) is 11.3 Å². The molecular weight excluding hydrogens is 238 g/mol. The predicted molar refractivity (Wildman–Crippen MR) is 64.5 cm³/mol. The Bertz CT molecular complexity index is 513. The molecule has 0 aliphatic carbocycles. The first-order valence-corrected chi connectivity index (χ1v) is 5.89. The van der Waals surface area contributed by atoms with Gasteiger partial charge in [-0.25, -0.2) is 9.97 Å². The lowest BCUT2D eigenvalue weighted by molar-refractivity contribution is -0.137. The molecule has 0 aliphatic heterocycles. The van der Waals surface area contributed by atoms with Gasteiger partial charge in [0.15, 0.2) is 0 Å². The molecule has 17 heavy (non-hydrogen) atoms. The van der Waals surface area contributed by atoms with Crippen LogP contribution in [0.1, 0.15) is 18.3 Å². The van der Waals surface area contributed by atoms with Crippen LogP contribution in [0, 0.1) is 0 Å². The number of thiophene rings is 1. The van der Waals surface area contributed by atoms with Crippen molar-refractivity contribution in [3.05, 3.63) is 35.6 Å². The molecule has 2 aromatic rings. The minimum atomic E-state index is -0.956. The lowest BCUT2D eigenvalue weighted by Gasteiger charge is -2.07. The molecule has 88 valence electrons. The molecule has 0 aliphatic rings. The van der Waals surface area contributed by atoms with Crippen molar-refractivity contribution in [2.75, 3.05) is 0 Å². The molecule has 1 unspecified atom stereocenters. The van der Waals surface area contributed by atoms with Crippen LogP contribution in [0.3, 0.4) is 0 Å². The van der Waals surface area contributed by atoms with Gasteiger partial charge in [-0.1, -0.05) is 6.07 Å². The summed E-state index contributed by atoms with van der Waals surface area (Å²) in [6.07, 6.45) is 1.42. The molecular formula is C11H11N3O2S. The number of aliphatic carboxylic acids is 1. The van der Waals surface area contributed by atoms with E-state index >= 15 is 0 Å². The number of carboxylic acids is 1. The molecule has 0 spiro atoms. The van der Waals surface area contributed by atoms with E-state index in [9.17, 15) is 4.79 Å². The summed E-state index contributed by atoms with van der Waals surface area (Å²) in [5.74, 6) is -0.596. The Hall–Kier alpha value is -1.79. The zero-order valence-corrected chi connectivity index (χ0v) is 9.72. The summed E-state index contributed by atoms with van der Waals surface area (Å²) in [5.41, 5.74) is 6.49. The van der Waals surface area contributed by atoms with Gasteiger partial charge in [-0.05, 0) is 17.5 Å². The minimum Gasteiger partial charge on any atom is -0.481 e. The fraction of sp³-hybridized carbons (Fsp3) is 0.182. The highest BCUT2D eigenvalue weighted by Crippen LogP contribution is 2.23. The van der Waals surface area contributed by atoms with E-state index in [0.29, 0.717) is 5.82 Å². The van der Waals surface area contributed by atoms with Gasteiger partial charge < -0.3 is 10.8 Å². The minimum absolute atomic E-state index is 0.173. The third kappa shape index (κ3) is 2.86. The Balaban J connectivity index is 2.25. The molecule has 6 heteroatoms. The fourth-order valence-corrected chi connectivity index (χ4v) is 2.09. The SMILES string of the molecule is NC(CC(=O)O)c1nccc(-c2cccs2)n1. The van der Waals surface area contributed by atoms with Crippen molar-refractivity contribution in [3.8, 4) is 10.6 Å². The van der Waals surface area contributed by atoms with E-state index in [2.05, 4.69) is 9.97 Å². The molecule has 0 saturated heterocycles. The fourth-order valence-electron chi connectivity index (χ4n) is 1.39. The number of carbonyl (C=O) groups is 1. The summed E-state index contributed by atoms with van der Waals surface area (Å²) < 4.78 is 0. The van der Waals surface area contributed by atoms with Crippen LogP contribution in [0.15, 0.2) is 29.8 Å². The number of nitrogens with zero attached hydrogens (tertiary/aromatic N) is 2. The van der Waals surface area contributed by atoms with E-state index in [1.165, 1.54) is 0 Å². The third-order valence-corrected chi connectivity index (χ3v) is 3.07. The molecule has 2 heterocycles. The largest absolute Gasteiger partial charge is 0.481 e. The van der Waals surface area contributed by atoms with Gasteiger partial charge in [0, 0.05) is 6.20 Å². The van der Waals surface area contributed by atoms with Gasteiger partial charge in [0.2, 0.25) is 0 Å². The third-order valence-electron chi connectivity index (χ3n) is 2.17. The van der Waals surface area contributed by atoms with Crippen molar-refractivity contribution in [1.29, 1.82) is 0 Å². The van der Waals surface area contributed by atoms with Crippen LogP contribution in [-0.4, -0.2) is 21.0 Å². The summed E-state index contributed by atoms with van der Waals surface area (Å²) in [4.78, 5) is 19.9. The smallest absolute Gasteiger partial charge is 0.305 e. The van der Waals surface area contributed by atoms with Crippen molar-refractivity contribution < 1.29 is 9.90 Å². The van der Waals surface area contributed by atoms with Crippen molar-refractivity contribution in [2.24, 2.45) is 5.73 Å². The normalized spacial score (nSPS) is 12.3. The number of carboxylic acid groups (broad SMARTS) is 1. The second-order valence-corrected chi connectivity index (χ2v) is 4.43. The van der Waals surface area contributed by atoms with Gasteiger partial charge in [-0.2, -0.15) is 0 Å². The van der Waals surface area contributed by atoms with Crippen LogP contribution in [0.2, 0.25) is 0 Å². The first-order chi connectivity index (χ1) is 8.16. The van der Waals surface area contributed by atoms with Crippen molar-refractivity contribution >= 4 is 17.3 Å². The molecule has 0 aromatic carbocycles. The molecule has 0 saturated carbocycles.